The molecule has 128 valence electrons. The number of hydrogen-bond donors (Lipinski definition) is 1. The van der Waals surface area contributed by atoms with Gasteiger partial charge in [0.05, 0.1) is 11.5 Å². The van der Waals surface area contributed by atoms with Crippen molar-refractivity contribution in [3.05, 3.63) is 0 Å². The third-order valence-corrected chi connectivity index (χ3v) is 9.60. The van der Waals surface area contributed by atoms with Crippen LogP contribution in [0.15, 0.2) is 0 Å². The zero-order valence-electron chi connectivity index (χ0n) is 14.5. The van der Waals surface area contributed by atoms with Gasteiger partial charge < -0.3 is 5.11 Å². The van der Waals surface area contributed by atoms with E-state index in [1.54, 1.807) is 0 Å². The minimum atomic E-state index is -0.350. The fourth-order valence-electron chi connectivity index (χ4n) is 9.19. The van der Waals surface area contributed by atoms with Gasteiger partial charge in [0.2, 0.25) is 0 Å². The molecular weight excluding hydrogens is 284 g/mol. The number of carbonyl (C=O) groups excluding carboxylic acids is 1. The molecule has 0 heterocycles. The van der Waals surface area contributed by atoms with E-state index in [1.165, 1.54) is 70.6 Å². The van der Waals surface area contributed by atoms with Gasteiger partial charge in [-0.25, -0.2) is 0 Å². The summed E-state index contributed by atoms with van der Waals surface area (Å²) in [4.78, 5) is 13.5. The third kappa shape index (κ3) is 1.42. The quantitative estimate of drug-likeness (QED) is 0.698. The summed E-state index contributed by atoms with van der Waals surface area (Å²) < 4.78 is 0. The predicted molar refractivity (Wildman–Crippen MR) is 90.0 cm³/mol. The predicted octanol–water partition coefficient (Wildman–Crippen LogP) is 4.78. The molecule has 2 heteroatoms. The second kappa shape index (κ2) is 4.62. The molecule has 0 bridgehead atoms. The lowest BCUT2D eigenvalue weighted by Crippen LogP contribution is -2.60. The van der Waals surface area contributed by atoms with Gasteiger partial charge in [-0.1, -0.05) is 32.1 Å². The van der Waals surface area contributed by atoms with Crippen molar-refractivity contribution in [1.82, 2.24) is 0 Å². The Balaban J connectivity index is 1.74. The molecule has 0 aromatic rings. The first-order valence-electron chi connectivity index (χ1n) is 10.3. The minimum absolute atomic E-state index is 0.161. The Bertz CT molecular complexity index is 520. The zero-order chi connectivity index (χ0) is 15.8. The molecule has 5 aliphatic rings. The van der Waals surface area contributed by atoms with Crippen LogP contribution in [0.4, 0.5) is 0 Å². The van der Waals surface area contributed by atoms with Crippen molar-refractivity contribution in [3.8, 4) is 0 Å². The maximum absolute atomic E-state index is 13.5. The molecule has 5 saturated carbocycles. The molecule has 4 spiro atoms. The van der Waals surface area contributed by atoms with Gasteiger partial charge in [0.1, 0.15) is 5.78 Å². The number of hydrogen-bond acceptors (Lipinski definition) is 2. The van der Waals surface area contributed by atoms with Crippen LogP contribution in [0.1, 0.15) is 96.3 Å². The lowest BCUT2D eigenvalue weighted by Gasteiger charge is -2.58. The number of rotatable bonds is 0. The maximum atomic E-state index is 13.5. The Hall–Kier alpha value is -0.370. The number of carbonyl (C=O) groups is 1. The molecule has 5 aliphatic carbocycles. The van der Waals surface area contributed by atoms with Crippen LogP contribution in [0.3, 0.4) is 0 Å². The summed E-state index contributed by atoms with van der Waals surface area (Å²) in [6.45, 7) is 0. The van der Waals surface area contributed by atoms with Crippen LogP contribution in [0, 0.1) is 21.7 Å². The first-order chi connectivity index (χ1) is 11.1. The van der Waals surface area contributed by atoms with Gasteiger partial charge in [-0.05, 0) is 74.0 Å². The Morgan fingerprint density at radius 1 is 0.739 bits per heavy atom. The third-order valence-electron chi connectivity index (χ3n) is 9.60. The van der Waals surface area contributed by atoms with Gasteiger partial charge in [0.15, 0.2) is 0 Å². The summed E-state index contributed by atoms with van der Waals surface area (Å²) in [5.41, 5.74) is 0.380. The van der Waals surface area contributed by atoms with Crippen LogP contribution in [-0.2, 0) is 4.79 Å². The number of fused-ring (bicyclic) bond motifs is 3. The van der Waals surface area contributed by atoms with Crippen molar-refractivity contribution in [1.29, 1.82) is 0 Å². The highest BCUT2D eigenvalue weighted by Crippen LogP contribution is 2.81. The molecule has 23 heavy (non-hydrogen) atoms. The fraction of sp³-hybridized carbons (Fsp3) is 0.952. The first kappa shape index (κ1) is 14.9. The normalized spacial score (nSPS) is 47.2. The van der Waals surface area contributed by atoms with Crippen LogP contribution in [-0.4, -0.2) is 17.0 Å². The molecule has 0 aromatic heterocycles. The smallest absolute Gasteiger partial charge is 0.142 e. The topological polar surface area (TPSA) is 37.3 Å². The van der Waals surface area contributed by atoms with Crippen LogP contribution in [0.2, 0.25) is 0 Å². The maximum Gasteiger partial charge on any atom is 0.142 e. The molecule has 0 saturated heterocycles. The largest absolute Gasteiger partial charge is 0.392 e. The minimum Gasteiger partial charge on any atom is -0.392 e. The zero-order valence-corrected chi connectivity index (χ0v) is 14.5. The van der Waals surface area contributed by atoms with Crippen molar-refractivity contribution in [2.45, 2.75) is 102 Å². The number of Topliss-reactive ketones (excluding diaryl/α,β-unsaturated/α-hetero) is 1. The second-order valence-corrected chi connectivity index (χ2v) is 9.70. The molecule has 5 rings (SSSR count). The van der Waals surface area contributed by atoms with Crippen molar-refractivity contribution in [2.75, 3.05) is 0 Å². The van der Waals surface area contributed by atoms with E-state index < -0.39 is 0 Å². The van der Waals surface area contributed by atoms with Gasteiger partial charge in [-0.3, -0.25) is 4.79 Å². The molecule has 0 aliphatic heterocycles. The molecule has 2 nitrogen and oxygen atoms in total. The van der Waals surface area contributed by atoms with Gasteiger partial charge >= 0.3 is 0 Å². The molecule has 0 unspecified atom stereocenters. The lowest BCUT2D eigenvalue weighted by atomic mass is 9.44. The Morgan fingerprint density at radius 3 is 2.04 bits per heavy atom. The van der Waals surface area contributed by atoms with Gasteiger partial charge in [-0.15, -0.1) is 0 Å². The monoisotopic (exact) mass is 316 g/mol. The van der Waals surface area contributed by atoms with E-state index >= 15 is 0 Å². The molecule has 0 aromatic carbocycles. The van der Waals surface area contributed by atoms with Crippen molar-refractivity contribution in [2.24, 2.45) is 21.7 Å². The Kier molecular flexibility index (Phi) is 3.00. The van der Waals surface area contributed by atoms with Crippen LogP contribution < -0.4 is 0 Å². The van der Waals surface area contributed by atoms with Crippen molar-refractivity contribution < 1.29 is 9.90 Å². The molecule has 0 radical (unpaired) electrons. The summed E-state index contributed by atoms with van der Waals surface area (Å²) in [6, 6.07) is 0. The first-order valence-corrected chi connectivity index (χ1v) is 10.3. The highest BCUT2D eigenvalue weighted by Gasteiger charge is 2.79. The number of aliphatic hydroxyl groups is 1. The van der Waals surface area contributed by atoms with E-state index in [0.717, 1.165) is 25.7 Å². The Labute approximate surface area is 140 Å². The highest BCUT2D eigenvalue weighted by atomic mass is 16.3. The van der Waals surface area contributed by atoms with Crippen LogP contribution in [0.25, 0.3) is 0 Å². The number of ketones is 1. The molecule has 5 fully saturated rings. The van der Waals surface area contributed by atoms with Crippen molar-refractivity contribution >= 4 is 5.78 Å². The average Bonchev–Trinajstić information content (AvgIpc) is 3.32. The van der Waals surface area contributed by atoms with Gasteiger partial charge in [0.25, 0.3) is 0 Å². The average molecular weight is 316 g/mol. The SMILES string of the molecule is O=C1CC[C@@]2(CCCC23CCCC3)[C@]12[C@H](O)CCC21CCCC1. The summed E-state index contributed by atoms with van der Waals surface area (Å²) in [5, 5.41) is 11.3. The summed E-state index contributed by atoms with van der Waals surface area (Å²) in [6.07, 6.45) is 17.8. The van der Waals surface area contributed by atoms with Gasteiger partial charge in [0, 0.05) is 6.42 Å². The van der Waals surface area contributed by atoms with Crippen LogP contribution in [0.5, 0.6) is 0 Å². The molecule has 1 N–H and O–H groups in total. The van der Waals surface area contributed by atoms with E-state index in [4.69, 9.17) is 0 Å². The Morgan fingerprint density at radius 2 is 1.35 bits per heavy atom. The summed E-state index contributed by atoms with van der Waals surface area (Å²) in [7, 11) is 0. The number of aliphatic hydroxyl groups excluding tert-OH is 1. The standard InChI is InChI=1S/C21H32O2/c22-16-6-14-19(10-3-4-11-19)21(16)17(23)7-15-20(21)13-5-12-18(20)8-1-2-9-18/h16,22H,1-15H2/t16-,20-,21-/m1/s1. The fourth-order valence-corrected chi connectivity index (χ4v) is 9.19. The summed E-state index contributed by atoms with van der Waals surface area (Å²) >= 11 is 0. The van der Waals surface area contributed by atoms with E-state index in [9.17, 15) is 9.90 Å². The van der Waals surface area contributed by atoms with E-state index in [0.29, 0.717) is 11.2 Å². The van der Waals surface area contributed by atoms with Crippen molar-refractivity contribution in [3.63, 3.8) is 0 Å². The van der Waals surface area contributed by atoms with E-state index in [1.807, 2.05) is 0 Å². The lowest BCUT2D eigenvalue weighted by molar-refractivity contribution is -0.171. The van der Waals surface area contributed by atoms with Crippen LogP contribution >= 0.6 is 0 Å². The van der Waals surface area contributed by atoms with Gasteiger partial charge in [-0.2, -0.15) is 0 Å². The summed E-state index contributed by atoms with van der Waals surface area (Å²) in [5.74, 6) is 0.484. The molecule has 0 amide bonds. The molecular formula is C21H32O2. The highest BCUT2D eigenvalue weighted by molar-refractivity contribution is 5.91. The second-order valence-electron chi connectivity index (χ2n) is 9.70. The molecule has 3 atom stereocenters. The van der Waals surface area contributed by atoms with E-state index in [2.05, 4.69) is 0 Å². The van der Waals surface area contributed by atoms with E-state index in [-0.39, 0.29) is 22.3 Å².